The van der Waals surface area contributed by atoms with Crippen molar-refractivity contribution in [2.24, 2.45) is 0 Å². The van der Waals surface area contributed by atoms with Crippen LogP contribution < -0.4 is 5.32 Å². The van der Waals surface area contributed by atoms with Gasteiger partial charge in [-0.1, -0.05) is 28.1 Å². The number of amides is 2. The highest BCUT2D eigenvalue weighted by atomic mass is 79.9. The van der Waals surface area contributed by atoms with Gasteiger partial charge in [-0.15, -0.1) is 0 Å². The molecule has 1 N–H and O–H groups in total. The second-order valence-electron chi connectivity index (χ2n) is 5.39. The third-order valence-electron chi connectivity index (χ3n) is 3.47. The third kappa shape index (κ3) is 5.45. The van der Waals surface area contributed by atoms with Crippen LogP contribution >= 0.6 is 15.9 Å². The lowest BCUT2D eigenvalue weighted by Crippen LogP contribution is -2.31. The van der Waals surface area contributed by atoms with Crippen LogP contribution in [-0.2, 0) is 11.3 Å². The Balaban J connectivity index is 1.78. The van der Waals surface area contributed by atoms with Gasteiger partial charge in [-0.3, -0.25) is 9.59 Å². The van der Waals surface area contributed by atoms with E-state index in [1.807, 2.05) is 0 Å². The smallest absolute Gasteiger partial charge is 0.251 e. The highest BCUT2D eigenvalue weighted by Gasteiger charge is 2.11. The van der Waals surface area contributed by atoms with Gasteiger partial charge < -0.3 is 10.2 Å². The Morgan fingerprint density at radius 3 is 2.54 bits per heavy atom. The summed E-state index contributed by atoms with van der Waals surface area (Å²) in [7, 11) is 1.66. The Labute approximate surface area is 148 Å². The first-order chi connectivity index (χ1) is 11.5. The van der Waals surface area contributed by atoms with Crippen LogP contribution in [-0.4, -0.2) is 30.3 Å². The second-order valence-corrected chi connectivity index (χ2v) is 6.31. The van der Waals surface area contributed by atoms with E-state index in [0.29, 0.717) is 12.1 Å². The molecule has 4 nitrogen and oxygen atoms in total. The fourth-order valence-electron chi connectivity index (χ4n) is 2.17. The van der Waals surface area contributed by atoms with Crippen LogP contribution in [0.1, 0.15) is 22.3 Å². The first-order valence-electron chi connectivity index (χ1n) is 7.48. The molecule has 0 aliphatic carbocycles. The fraction of sp³-hybridized carbons (Fsp3) is 0.222. The molecule has 0 atom stereocenters. The van der Waals surface area contributed by atoms with Gasteiger partial charge in [0.05, 0.1) is 0 Å². The zero-order valence-corrected chi connectivity index (χ0v) is 14.8. The van der Waals surface area contributed by atoms with Crippen molar-refractivity contribution >= 4 is 27.7 Å². The Bertz CT molecular complexity index is 719. The number of carbonyl (C=O) groups excluding carboxylic acids is 2. The molecule has 24 heavy (non-hydrogen) atoms. The summed E-state index contributed by atoms with van der Waals surface area (Å²) in [5.41, 5.74) is 1.27. The molecule has 0 aliphatic heterocycles. The molecule has 2 amide bonds. The topological polar surface area (TPSA) is 49.4 Å². The molecule has 126 valence electrons. The number of rotatable bonds is 6. The van der Waals surface area contributed by atoms with Crippen molar-refractivity contribution in [2.45, 2.75) is 13.0 Å². The Morgan fingerprint density at radius 2 is 1.88 bits per heavy atom. The summed E-state index contributed by atoms with van der Waals surface area (Å²) in [6.07, 6.45) is 0.189. The summed E-state index contributed by atoms with van der Waals surface area (Å²) < 4.78 is 14.0. The minimum absolute atomic E-state index is 0.115. The van der Waals surface area contributed by atoms with E-state index in [1.54, 1.807) is 43.4 Å². The first-order valence-corrected chi connectivity index (χ1v) is 8.27. The molecule has 2 aromatic rings. The second kappa shape index (κ2) is 8.59. The van der Waals surface area contributed by atoms with Gasteiger partial charge in [-0.2, -0.15) is 0 Å². The predicted octanol–water partition coefficient (Wildman–Crippen LogP) is 3.37. The number of hydrogen-bond acceptors (Lipinski definition) is 2. The normalized spacial score (nSPS) is 10.3. The largest absolute Gasteiger partial charge is 0.352 e. The van der Waals surface area contributed by atoms with Gasteiger partial charge in [0.1, 0.15) is 5.82 Å². The number of halogens is 2. The van der Waals surface area contributed by atoms with E-state index in [2.05, 4.69) is 21.2 Å². The highest BCUT2D eigenvalue weighted by molar-refractivity contribution is 9.10. The predicted molar refractivity (Wildman–Crippen MR) is 94.0 cm³/mol. The van der Waals surface area contributed by atoms with Gasteiger partial charge in [-0.05, 0) is 42.0 Å². The van der Waals surface area contributed by atoms with Crippen molar-refractivity contribution in [3.8, 4) is 0 Å². The van der Waals surface area contributed by atoms with E-state index in [0.717, 1.165) is 10.0 Å². The SMILES string of the molecule is CN(Cc1cccc(F)c1)C(=O)CCNC(=O)c1ccc(Br)cc1. The summed E-state index contributed by atoms with van der Waals surface area (Å²) in [5.74, 6) is -0.659. The summed E-state index contributed by atoms with van der Waals surface area (Å²) in [4.78, 5) is 25.5. The van der Waals surface area contributed by atoms with Crippen LogP contribution in [0, 0.1) is 5.82 Å². The maximum absolute atomic E-state index is 13.1. The molecule has 0 bridgehead atoms. The molecule has 0 heterocycles. The van der Waals surface area contributed by atoms with Gasteiger partial charge in [0.2, 0.25) is 5.91 Å². The molecule has 6 heteroatoms. The highest BCUT2D eigenvalue weighted by Crippen LogP contribution is 2.10. The van der Waals surface area contributed by atoms with E-state index in [9.17, 15) is 14.0 Å². The molecular formula is C18H18BrFN2O2. The summed E-state index contributed by atoms with van der Waals surface area (Å²) >= 11 is 3.31. The number of carbonyl (C=O) groups is 2. The van der Waals surface area contributed by atoms with Crippen LogP contribution in [0.4, 0.5) is 4.39 Å². The molecule has 0 aliphatic rings. The Hall–Kier alpha value is -2.21. The molecule has 2 rings (SSSR count). The van der Waals surface area contributed by atoms with Gasteiger partial charge in [0.25, 0.3) is 5.91 Å². The lowest BCUT2D eigenvalue weighted by Gasteiger charge is -2.17. The zero-order valence-electron chi connectivity index (χ0n) is 13.3. The van der Waals surface area contributed by atoms with E-state index < -0.39 is 0 Å². The van der Waals surface area contributed by atoms with Gasteiger partial charge >= 0.3 is 0 Å². The molecule has 0 aromatic heterocycles. The molecule has 0 saturated carbocycles. The molecular weight excluding hydrogens is 375 g/mol. The number of nitrogens with zero attached hydrogens (tertiary/aromatic N) is 1. The van der Waals surface area contributed by atoms with E-state index in [1.165, 1.54) is 17.0 Å². The van der Waals surface area contributed by atoms with Crippen molar-refractivity contribution in [2.75, 3.05) is 13.6 Å². The van der Waals surface area contributed by atoms with Crippen molar-refractivity contribution < 1.29 is 14.0 Å². The first kappa shape index (κ1) is 18.1. The third-order valence-corrected chi connectivity index (χ3v) is 3.99. The molecule has 0 unspecified atom stereocenters. The Morgan fingerprint density at radius 1 is 1.17 bits per heavy atom. The van der Waals surface area contributed by atoms with Gasteiger partial charge in [0, 0.05) is 36.6 Å². The summed E-state index contributed by atoms with van der Waals surface area (Å²) in [5, 5.41) is 2.72. The monoisotopic (exact) mass is 392 g/mol. The maximum atomic E-state index is 13.1. The number of nitrogens with one attached hydrogen (secondary N) is 1. The summed E-state index contributed by atoms with van der Waals surface area (Å²) in [6, 6.07) is 13.1. The van der Waals surface area contributed by atoms with Gasteiger partial charge in [0.15, 0.2) is 0 Å². The Kier molecular flexibility index (Phi) is 6.49. The zero-order chi connectivity index (χ0) is 17.5. The quantitative estimate of drug-likeness (QED) is 0.818. The van der Waals surface area contributed by atoms with Crippen molar-refractivity contribution in [1.29, 1.82) is 0 Å². The summed E-state index contributed by atoms with van der Waals surface area (Å²) in [6.45, 7) is 0.582. The van der Waals surface area contributed by atoms with Crippen LogP contribution in [0.15, 0.2) is 53.0 Å². The van der Waals surface area contributed by atoms with Crippen molar-refractivity contribution in [3.63, 3.8) is 0 Å². The maximum Gasteiger partial charge on any atom is 0.251 e. The van der Waals surface area contributed by atoms with E-state index in [4.69, 9.17) is 0 Å². The fourth-order valence-corrected chi connectivity index (χ4v) is 2.44. The van der Waals surface area contributed by atoms with Crippen LogP contribution in [0.2, 0.25) is 0 Å². The lowest BCUT2D eigenvalue weighted by atomic mass is 10.2. The molecule has 0 radical (unpaired) electrons. The van der Waals surface area contributed by atoms with E-state index in [-0.39, 0.29) is 30.6 Å². The van der Waals surface area contributed by atoms with Gasteiger partial charge in [-0.25, -0.2) is 4.39 Å². The molecule has 0 saturated heterocycles. The van der Waals surface area contributed by atoms with Crippen LogP contribution in [0.3, 0.4) is 0 Å². The van der Waals surface area contributed by atoms with Crippen LogP contribution in [0.25, 0.3) is 0 Å². The number of hydrogen-bond donors (Lipinski definition) is 1. The molecule has 0 spiro atoms. The minimum atomic E-state index is -0.324. The van der Waals surface area contributed by atoms with E-state index >= 15 is 0 Å². The average molecular weight is 393 g/mol. The lowest BCUT2D eigenvalue weighted by molar-refractivity contribution is -0.130. The van der Waals surface area contributed by atoms with Crippen LogP contribution in [0.5, 0.6) is 0 Å². The average Bonchev–Trinajstić information content (AvgIpc) is 2.55. The van der Waals surface area contributed by atoms with Crippen molar-refractivity contribution in [3.05, 3.63) is 69.9 Å². The molecule has 0 fully saturated rings. The molecule has 2 aromatic carbocycles. The minimum Gasteiger partial charge on any atom is -0.352 e. The number of benzene rings is 2. The van der Waals surface area contributed by atoms with Crippen molar-refractivity contribution in [1.82, 2.24) is 10.2 Å². The standard InChI is InChI=1S/C18H18BrFN2O2/c1-22(12-13-3-2-4-16(20)11-13)17(23)9-10-21-18(24)14-5-7-15(19)8-6-14/h2-8,11H,9-10,12H2,1H3,(H,21,24).